The van der Waals surface area contributed by atoms with Crippen molar-refractivity contribution < 1.29 is 42.1 Å². The van der Waals surface area contributed by atoms with Gasteiger partial charge in [0.25, 0.3) is 5.91 Å². The number of rotatable bonds is 9. The third-order valence-electron chi connectivity index (χ3n) is 7.94. The molecule has 2 aliphatic rings. The molecule has 3 atom stereocenters. The first-order valence-electron chi connectivity index (χ1n) is 14.8. The van der Waals surface area contributed by atoms with Crippen LogP contribution in [0.1, 0.15) is 24.2 Å². The molecule has 13 nitrogen and oxygen atoms in total. The van der Waals surface area contributed by atoms with Crippen molar-refractivity contribution in [3.05, 3.63) is 66.2 Å². The van der Waals surface area contributed by atoms with Crippen LogP contribution in [0.5, 0.6) is 23.0 Å². The quantitative estimate of drug-likeness (QED) is 0.314. The smallest absolute Gasteiger partial charge is 0.323 e. The van der Waals surface area contributed by atoms with Crippen LogP contribution in [0.25, 0.3) is 0 Å². The van der Waals surface area contributed by atoms with Crippen LogP contribution in [0.4, 0.5) is 16.2 Å². The third kappa shape index (κ3) is 6.98. The number of carbonyl (C=O) groups is 2. The Balaban J connectivity index is 1.44. The molecule has 0 saturated heterocycles. The van der Waals surface area contributed by atoms with Crippen LogP contribution < -0.4 is 29.6 Å². The summed E-state index contributed by atoms with van der Waals surface area (Å²) in [5.41, 5.74) is 0.824. The van der Waals surface area contributed by atoms with Crippen LogP contribution in [0.2, 0.25) is 0 Å². The summed E-state index contributed by atoms with van der Waals surface area (Å²) >= 11 is 0. The average molecular weight is 655 g/mol. The molecule has 246 valence electrons. The fourth-order valence-electron chi connectivity index (χ4n) is 5.24. The zero-order valence-corrected chi connectivity index (χ0v) is 26.9. The minimum absolute atomic E-state index is 0.0672. The molecular formula is C32H38N4O9S. The number of urea groups is 1. The van der Waals surface area contributed by atoms with Crippen LogP contribution >= 0.6 is 0 Å². The molecule has 5 rings (SSSR count). The van der Waals surface area contributed by atoms with Crippen molar-refractivity contribution in [2.45, 2.75) is 30.9 Å². The molecule has 0 aliphatic carbocycles. The SMILES string of the molecule is COc1ccc(S(=O)(=O)N(C)CC2Oc3c(NC(=O)Nc4ccc5c(c4)OCCO5)cccc3C(=O)N(C(C)CO)CC2C)cc1. The highest BCUT2D eigenvalue weighted by molar-refractivity contribution is 7.89. The van der Waals surface area contributed by atoms with Gasteiger partial charge in [-0.2, -0.15) is 4.31 Å². The lowest BCUT2D eigenvalue weighted by Crippen LogP contribution is -2.50. The topological polar surface area (TPSA) is 156 Å². The molecule has 0 bridgehead atoms. The lowest BCUT2D eigenvalue weighted by Gasteiger charge is -2.38. The average Bonchev–Trinajstić information content (AvgIpc) is 3.06. The largest absolute Gasteiger partial charge is 0.497 e. The molecule has 14 heteroatoms. The molecular weight excluding hydrogens is 616 g/mol. The molecule has 0 aromatic heterocycles. The fraction of sp³-hybridized carbons (Fsp3) is 0.375. The molecule has 3 amide bonds. The number of fused-ring (bicyclic) bond motifs is 2. The number of benzene rings is 3. The number of likely N-dealkylation sites (N-methyl/N-ethyl adjacent to an activating group) is 1. The lowest BCUT2D eigenvalue weighted by atomic mass is 9.99. The molecule has 0 spiro atoms. The zero-order chi connectivity index (χ0) is 33.0. The van der Waals surface area contributed by atoms with Crippen molar-refractivity contribution in [3.8, 4) is 23.0 Å². The number of anilines is 2. The molecule has 3 aromatic carbocycles. The van der Waals surface area contributed by atoms with Crippen molar-refractivity contribution in [3.63, 3.8) is 0 Å². The minimum Gasteiger partial charge on any atom is -0.497 e. The summed E-state index contributed by atoms with van der Waals surface area (Å²) in [6.07, 6.45) is -0.748. The van der Waals surface area contributed by atoms with Crippen molar-refractivity contribution in [1.82, 2.24) is 9.21 Å². The van der Waals surface area contributed by atoms with Crippen molar-refractivity contribution >= 4 is 33.3 Å². The molecule has 3 N–H and O–H groups in total. The highest BCUT2D eigenvalue weighted by atomic mass is 32.2. The summed E-state index contributed by atoms with van der Waals surface area (Å²) in [5.74, 6) is 0.930. The highest BCUT2D eigenvalue weighted by Crippen LogP contribution is 2.36. The monoisotopic (exact) mass is 654 g/mol. The number of amides is 3. The Morgan fingerprint density at radius 2 is 1.80 bits per heavy atom. The number of carbonyl (C=O) groups excluding carboxylic acids is 2. The third-order valence-corrected chi connectivity index (χ3v) is 9.78. The first kappa shape index (κ1) is 32.9. The van der Waals surface area contributed by atoms with Crippen molar-refractivity contribution in [2.24, 2.45) is 5.92 Å². The standard InChI is InChI=1S/C32H38N4O9S/c1-20-17-36(21(2)19-37)31(38)25-6-5-7-26(34-32(39)33-22-8-13-27-28(16-22)44-15-14-43-27)30(25)45-29(20)18-35(3)46(40,41)24-11-9-23(42-4)10-12-24/h5-13,16,20-21,29,37H,14-15,17-19H2,1-4H3,(H2,33,34,39). The van der Waals surface area contributed by atoms with Gasteiger partial charge < -0.3 is 39.6 Å². The number of para-hydroxylation sites is 1. The second kappa shape index (κ2) is 13.8. The summed E-state index contributed by atoms with van der Waals surface area (Å²) in [5, 5.41) is 15.5. The summed E-state index contributed by atoms with van der Waals surface area (Å²) in [4.78, 5) is 28.6. The highest BCUT2D eigenvalue weighted by Gasteiger charge is 2.36. The normalized spacial score (nSPS) is 18.5. The number of ether oxygens (including phenoxy) is 4. The molecule has 2 heterocycles. The number of aliphatic hydroxyl groups excluding tert-OH is 1. The van der Waals surface area contributed by atoms with E-state index in [1.807, 2.05) is 6.92 Å². The number of nitrogens with one attached hydrogen (secondary N) is 2. The van der Waals surface area contributed by atoms with Gasteiger partial charge >= 0.3 is 6.03 Å². The molecule has 3 unspecified atom stereocenters. The zero-order valence-electron chi connectivity index (χ0n) is 26.1. The predicted octanol–water partition coefficient (Wildman–Crippen LogP) is 3.65. The van der Waals surface area contributed by atoms with Gasteiger partial charge in [-0.05, 0) is 55.5 Å². The Kier molecular flexibility index (Phi) is 9.89. The lowest BCUT2D eigenvalue weighted by molar-refractivity contribution is 0.0389. The van der Waals surface area contributed by atoms with Gasteiger partial charge in [0, 0.05) is 31.3 Å². The maximum absolute atomic E-state index is 13.8. The van der Waals surface area contributed by atoms with Gasteiger partial charge in [-0.25, -0.2) is 13.2 Å². The number of hydrogen-bond acceptors (Lipinski definition) is 9. The Morgan fingerprint density at radius 3 is 2.50 bits per heavy atom. The Labute approximate surface area is 268 Å². The number of hydrogen-bond donors (Lipinski definition) is 3. The number of methoxy groups -OCH3 is 1. The summed E-state index contributed by atoms with van der Waals surface area (Å²) < 4.78 is 51.0. The van der Waals surface area contributed by atoms with Gasteiger partial charge in [0.15, 0.2) is 17.2 Å². The summed E-state index contributed by atoms with van der Waals surface area (Å²) in [6, 6.07) is 14.7. The van der Waals surface area contributed by atoms with Crippen LogP contribution in [0, 0.1) is 5.92 Å². The van der Waals surface area contributed by atoms with E-state index in [-0.39, 0.29) is 47.5 Å². The van der Waals surface area contributed by atoms with Gasteiger partial charge in [-0.1, -0.05) is 13.0 Å². The van der Waals surface area contributed by atoms with Crippen LogP contribution in [-0.4, -0.2) is 93.9 Å². The van der Waals surface area contributed by atoms with E-state index >= 15 is 0 Å². The van der Waals surface area contributed by atoms with Gasteiger partial charge in [0.05, 0.1) is 42.4 Å². The maximum Gasteiger partial charge on any atom is 0.323 e. The van der Waals surface area contributed by atoms with Crippen LogP contribution in [0.3, 0.4) is 0 Å². The maximum atomic E-state index is 13.8. The van der Waals surface area contributed by atoms with Crippen LogP contribution in [-0.2, 0) is 10.0 Å². The first-order chi connectivity index (χ1) is 22.0. The number of sulfonamides is 1. The molecule has 0 radical (unpaired) electrons. The molecule has 46 heavy (non-hydrogen) atoms. The van der Waals surface area contributed by atoms with E-state index < -0.39 is 34.1 Å². The Morgan fingerprint density at radius 1 is 1.09 bits per heavy atom. The predicted molar refractivity (Wildman–Crippen MR) is 170 cm³/mol. The van der Waals surface area contributed by atoms with Crippen LogP contribution in [0.15, 0.2) is 65.6 Å². The number of nitrogens with zero attached hydrogens (tertiary/aromatic N) is 2. The summed E-state index contributed by atoms with van der Waals surface area (Å²) in [6.45, 7) is 4.26. The minimum atomic E-state index is -3.92. The molecule has 0 fully saturated rings. The summed E-state index contributed by atoms with van der Waals surface area (Å²) in [7, 11) is -0.967. The molecule has 3 aromatic rings. The van der Waals surface area contributed by atoms with E-state index in [1.54, 1.807) is 55.5 Å². The number of aliphatic hydroxyl groups is 1. The van der Waals surface area contributed by atoms with Gasteiger partial charge in [0.2, 0.25) is 10.0 Å². The molecule has 2 aliphatic heterocycles. The van der Waals surface area contributed by atoms with E-state index in [0.29, 0.717) is 36.1 Å². The van der Waals surface area contributed by atoms with Gasteiger partial charge in [-0.15, -0.1) is 0 Å². The van der Waals surface area contributed by atoms with E-state index in [2.05, 4.69) is 10.6 Å². The van der Waals surface area contributed by atoms with E-state index in [4.69, 9.17) is 18.9 Å². The van der Waals surface area contributed by atoms with E-state index in [0.717, 1.165) is 0 Å². The van der Waals surface area contributed by atoms with Gasteiger partial charge in [-0.3, -0.25) is 4.79 Å². The molecule has 0 saturated carbocycles. The second-order valence-corrected chi connectivity index (χ2v) is 13.2. The first-order valence-corrected chi connectivity index (χ1v) is 16.3. The van der Waals surface area contributed by atoms with E-state index in [1.165, 1.54) is 35.5 Å². The Hall–Kier alpha value is -4.53. The van der Waals surface area contributed by atoms with Gasteiger partial charge in [0.1, 0.15) is 25.1 Å². The fourth-order valence-corrected chi connectivity index (χ4v) is 6.43. The van der Waals surface area contributed by atoms with Crippen molar-refractivity contribution in [2.75, 3.05) is 57.7 Å². The van der Waals surface area contributed by atoms with Crippen molar-refractivity contribution in [1.29, 1.82) is 0 Å². The second-order valence-electron chi connectivity index (χ2n) is 11.2. The Bertz CT molecular complexity index is 1680. The van der Waals surface area contributed by atoms with E-state index in [9.17, 15) is 23.1 Å².